The first-order valence-corrected chi connectivity index (χ1v) is 11.7. The van der Waals surface area contributed by atoms with Crippen molar-refractivity contribution in [2.45, 2.75) is 24.2 Å². The molecule has 0 spiro atoms. The van der Waals surface area contributed by atoms with Gasteiger partial charge in [0.2, 0.25) is 10.0 Å². The fraction of sp³-hybridized carbons (Fsp3) is 0.333. The Morgan fingerprint density at radius 1 is 1.26 bits per heavy atom. The van der Waals surface area contributed by atoms with E-state index in [1.54, 1.807) is 6.07 Å². The Morgan fingerprint density at radius 3 is 2.74 bits per heavy atom. The molecule has 164 valence electrons. The first-order valence-electron chi connectivity index (χ1n) is 9.85. The normalized spacial score (nSPS) is 20.6. The molecule has 1 aliphatic heterocycles. The number of nitrogens with one attached hydrogen (secondary N) is 1. The summed E-state index contributed by atoms with van der Waals surface area (Å²) in [7, 11) is -3.72. The summed E-state index contributed by atoms with van der Waals surface area (Å²) < 4.78 is 32.2. The number of halogens is 1. The Balaban J connectivity index is 1.56. The number of rotatable bonds is 4. The third-order valence-corrected chi connectivity index (χ3v) is 7.67. The maximum atomic E-state index is 12.8. The molecule has 2 aliphatic rings. The lowest BCUT2D eigenvalue weighted by Crippen LogP contribution is -2.40. The van der Waals surface area contributed by atoms with Crippen LogP contribution in [0.1, 0.15) is 40.7 Å². The number of phenolic OH excluding ortho intramolecular Hbond substituents is 1. The quantitative estimate of drug-likeness (QED) is 0.678. The van der Waals surface area contributed by atoms with Gasteiger partial charge in [0.15, 0.2) is 0 Å². The third kappa shape index (κ3) is 4.18. The van der Waals surface area contributed by atoms with Crippen molar-refractivity contribution in [1.29, 1.82) is 0 Å². The summed E-state index contributed by atoms with van der Waals surface area (Å²) in [5, 5.41) is 15.0. The number of hydrogen-bond acceptors (Lipinski definition) is 6. The van der Waals surface area contributed by atoms with Gasteiger partial charge in [0.05, 0.1) is 23.8 Å². The number of hydrogen-bond donors (Lipinski definition) is 2. The van der Waals surface area contributed by atoms with Crippen molar-refractivity contribution in [2.75, 3.05) is 26.3 Å². The van der Waals surface area contributed by atoms with Crippen LogP contribution in [0.3, 0.4) is 0 Å². The highest BCUT2D eigenvalue weighted by atomic mass is 35.5. The number of nitrogens with zero attached hydrogens (tertiary/aromatic N) is 2. The number of benzene rings is 2. The first kappa shape index (κ1) is 21.8. The first-order chi connectivity index (χ1) is 14.8. The number of carbonyl (C=O) groups is 1. The summed E-state index contributed by atoms with van der Waals surface area (Å²) in [5.41, 5.74) is 4.49. The van der Waals surface area contributed by atoms with Crippen LogP contribution >= 0.6 is 11.6 Å². The number of carbonyl (C=O) groups excluding carboxylic acids is 1. The van der Waals surface area contributed by atoms with Crippen LogP contribution in [0, 0.1) is 0 Å². The molecule has 1 heterocycles. The van der Waals surface area contributed by atoms with Crippen molar-refractivity contribution < 1.29 is 23.1 Å². The summed E-state index contributed by atoms with van der Waals surface area (Å²) in [5.74, 6) is -0.447. The van der Waals surface area contributed by atoms with Crippen molar-refractivity contribution >= 4 is 33.2 Å². The Hall–Kier alpha value is -2.46. The van der Waals surface area contributed by atoms with E-state index in [4.69, 9.17) is 16.3 Å². The minimum atomic E-state index is -3.72. The molecule has 1 fully saturated rings. The molecular weight excluding hydrogens is 442 g/mol. The molecule has 2 N–H and O–H groups in total. The smallest absolute Gasteiger partial charge is 0.271 e. The van der Waals surface area contributed by atoms with Crippen molar-refractivity contribution in [2.24, 2.45) is 5.10 Å². The van der Waals surface area contributed by atoms with Gasteiger partial charge in [-0.2, -0.15) is 9.41 Å². The van der Waals surface area contributed by atoms with Crippen molar-refractivity contribution in [3.05, 3.63) is 58.1 Å². The average Bonchev–Trinajstić information content (AvgIpc) is 3.12. The Labute approximate surface area is 185 Å². The molecular formula is C21H22ClN3O5S. The zero-order valence-electron chi connectivity index (χ0n) is 16.8. The molecule has 31 heavy (non-hydrogen) atoms. The third-order valence-electron chi connectivity index (χ3n) is 5.45. The predicted molar refractivity (Wildman–Crippen MR) is 116 cm³/mol. The zero-order chi connectivity index (χ0) is 22.2. The summed E-state index contributed by atoms with van der Waals surface area (Å²) in [4.78, 5) is 12.7. The van der Waals surface area contributed by atoms with E-state index in [0.717, 1.165) is 5.56 Å². The molecule has 2 aromatic carbocycles. The molecule has 1 aliphatic carbocycles. The number of phenols is 1. The van der Waals surface area contributed by atoms with Crippen LogP contribution in [0.2, 0.25) is 5.02 Å². The Kier molecular flexibility index (Phi) is 6.02. The van der Waals surface area contributed by atoms with E-state index in [0.29, 0.717) is 35.9 Å². The van der Waals surface area contributed by atoms with Gasteiger partial charge in [-0.25, -0.2) is 13.8 Å². The van der Waals surface area contributed by atoms with Gasteiger partial charge in [-0.05, 0) is 48.2 Å². The number of sulfonamides is 1. The molecule has 10 heteroatoms. The predicted octanol–water partition coefficient (Wildman–Crippen LogP) is 2.71. The van der Waals surface area contributed by atoms with Crippen molar-refractivity contribution in [3.63, 3.8) is 0 Å². The molecule has 2 aromatic rings. The molecule has 0 saturated carbocycles. The molecule has 0 radical (unpaired) electrons. The van der Waals surface area contributed by atoms with Crippen LogP contribution in [0.5, 0.6) is 5.75 Å². The maximum Gasteiger partial charge on any atom is 0.271 e. The number of aromatic hydroxyl groups is 1. The van der Waals surface area contributed by atoms with Gasteiger partial charge in [-0.15, -0.1) is 0 Å². The van der Waals surface area contributed by atoms with E-state index in [1.165, 1.54) is 34.6 Å². The van der Waals surface area contributed by atoms with E-state index < -0.39 is 15.9 Å². The van der Waals surface area contributed by atoms with Crippen LogP contribution in [-0.2, 0) is 14.8 Å². The second-order valence-corrected chi connectivity index (χ2v) is 9.85. The van der Waals surface area contributed by atoms with Gasteiger partial charge in [-0.3, -0.25) is 4.79 Å². The standard InChI is InChI=1S/C21H22ClN3O5S/c1-13-11-17(20-18(26)6-5-16(22)19(13)20)23-24-21(27)14-3-2-4-15(12-14)31(28,29)25-7-9-30-10-8-25/h2-6,12-13,26H,7-11H2,1H3,(H,24,27)/b23-17+. The highest BCUT2D eigenvalue weighted by Crippen LogP contribution is 2.42. The second-order valence-electron chi connectivity index (χ2n) is 7.50. The lowest BCUT2D eigenvalue weighted by molar-refractivity contribution is 0.0730. The van der Waals surface area contributed by atoms with E-state index in [1.807, 2.05) is 6.92 Å². The van der Waals surface area contributed by atoms with Crippen LogP contribution in [0.25, 0.3) is 0 Å². The molecule has 1 amide bonds. The Morgan fingerprint density at radius 2 is 2.00 bits per heavy atom. The summed E-state index contributed by atoms with van der Waals surface area (Å²) >= 11 is 6.26. The van der Waals surface area contributed by atoms with Gasteiger partial charge in [0.25, 0.3) is 5.91 Å². The van der Waals surface area contributed by atoms with Gasteiger partial charge in [0, 0.05) is 29.2 Å². The maximum absolute atomic E-state index is 12.8. The molecule has 8 nitrogen and oxygen atoms in total. The Bertz CT molecular complexity index is 1160. The van der Waals surface area contributed by atoms with Crippen molar-refractivity contribution in [1.82, 2.24) is 9.73 Å². The minimum Gasteiger partial charge on any atom is -0.507 e. The number of hydrazone groups is 1. The van der Waals surface area contributed by atoms with Crippen LogP contribution < -0.4 is 5.43 Å². The van der Waals surface area contributed by atoms with Crippen molar-refractivity contribution in [3.8, 4) is 5.75 Å². The van der Waals surface area contributed by atoms with E-state index in [2.05, 4.69) is 10.5 Å². The highest BCUT2D eigenvalue weighted by Gasteiger charge is 2.30. The van der Waals surface area contributed by atoms with E-state index in [-0.39, 0.29) is 35.2 Å². The number of morpholine rings is 1. The summed E-state index contributed by atoms with van der Waals surface area (Å²) in [6.45, 7) is 3.20. The summed E-state index contributed by atoms with van der Waals surface area (Å²) in [6, 6.07) is 8.97. The SMILES string of the molecule is CC1C/C(=N\NC(=O)c2cccc(S(=O)(=O)N3CCOCC3)c2)c2c(O)ccc(Cl)c21. The van der Waals surface area contributed by atoms with Gasteiger partial charge >= 0.3 is 0 Å². The molecule has 4 rings (SSSR count). The fourth-order valence-electron chi connectivity index (χ4n) is 3.88. The number of amides is 1. The number of ether oxygens (including phenoxy) is 1. The second kappa shape index (κ2) is 8.58. The minimum absolute atomic E-state index is 0.0407. The average molecular weight is 464 g/mol. The lowest BCUT2D eigenvalue weighted by atomic mass is 10.0. The van der Waals surface area contributed by atoms with E-state index >= 15 is 0 Å². The van der Waals surface area contributed by atoms with Crippen LogP contribution in [0.15, 0.2) is 46.4 Å². The molecule has 1 atom stereocenters. The lowest BCUT2D eigenvalue weighted by Gasteiger charge is -2.26. The molecule has 1 unspecified atom stereocenters. The fourth-order valence-corrected chi connectivity index (χ4v) is 5.68. The largest absolute Gasteiger partial charge is 0.507 e. The van der Waals surface area contributed by atoms with Gasteiger partial charge in [-0.1, -0.05) is 24.6 Å². The molecule has 1 saturated heterocycles. The zero-order valence-corrected chi connectivity index (χ0v) is 18.4. The number of fused-ring (bicyclic) bond motifs is 1. The van der Waals surface area contributed by atoms with Crippen LogP contribution in [-0.4, -0.2) is 55.8 Å². The summed E-state index contributed by atoms with van der Waals surface area (Å²) in [6.07, 6.45) is 0.512. The monoisotopic (exact) mass is 463 g/mol. The van der Waals surface area contributed by atoms with Gasteiger partial charge in [0.1, 0.15) is 5.75 Å². The van der Waals surface area contributed by atoms with Gasteiger partial charge < -0.3 is 9.84 Å². The molecule has 0 aromatic heterocycles. The highest BCUT2D eigenvalue weighted by molar-refractivity contribution is 7.89. The van der Waals surface area contributed by atoms with Crippen LogP contribution in [0.4, 0.5) is 0 Å². The topological polar surface area (TPSA) is 108 Å². The van der Waals surface area contributed by atoms with E-state index in [9.17, 15) is 18.3 Å². The molecule has 0 bridgehead atoms.